The molecule has 1 aliphatic carbocycles. The average molecular weight is 584 g/mol. The predicted octanol–water partition coefficient (Wildman–Crippen LogP) is 5.50. The second-order valence-corrected chi connectivity index (χ2v) is 11.9. The molecule has 1 N–H and O–H groups in total. The van der Waals surface area contributed by atoms with Gasteiger partial charge in [-0.05, 0) is 43.4 Å². The van der Waals surface area contributed by atoms with Crippen LogP contribution in [0.15, 0.2) is 30.6 Å². The highest BCUT2D eigenvalue weighted by Gasteiger charge is 2.48. The van der Waals surface area contributed by atoms with Crippen LogP contribution in [0.4, 0.5) is 19.1 Å². The largest absolute Gasteiger partial charge is 0.419 e. The highest BCUT2D eigenvalue weighted by atomic mass is 35.5. The standard InChI is InChI=1S/C27H30Cl2F3N5O2/c1-26(6-7-26)24(39)36-8-4-16(5-9-36)23(38)37-14-18(20(15-37)17-2-3-21(28)22(29)10-17)11-33-25-34-12-19(13-35-25)27(30,31)32/h2-3,10,12-13,16,18,20H,4-9,11,14-15H2,1H3,(H,33,34,35)/t18?,20-/m1/s1. The molecule has 3 aliphatic rings. The monoisotopic (exact) mass is 583 g/mol. The summed E-state index contributed by atoms with van der Waals surface area (Å²) < 4.78 is 38.6. The van der Waals surface area contributed by atoms with Crippen molar-refractivity contribution in [3.63, 3.8) is 0 Å². The van der Waals surface area contributed by atoms with Crippen LogP contribution < -0.4 is 5.32 Å². The zero-order valence-corrected chi connectivity index (χ0v) is 23.0. The van der Waals surface area contributed by atoms with E-state index in [2.05, 4.69) is 15.3 Å². The van der Waals surface area contributed by atoms with Crippen LogP contribution in [0.5, 0.6) is 0 Å². The van der Waals surface area contributed by atoms with E-state index in [1.54, 1.807) is 12.1 Å². The molecule has 0 radical (unpaired) electrons. The van der Waals surface area contributed by atoms with Gasteiger partial charge in [0.25, 0.3) is 0 Å². The third-order valence-corrected chi connectivity index (χ3v) is 9.01. The topological polar surface area (TPSA) is 78.4 Å². The zero-order chi connectivity index (χ0) is 27.9. The SMILES string of the molecule is CC1(C(=O)N2CCC(C(=O)N3CC(CNc4ncc(C(F)(F)F)cn4)[C@@H](c4ccc(Cl)c(Cl)c4)C3)CC2)CC1. The van der Waals surface area contributed by atoms with Crippen LogP contribution in [-0.4, -0.2) is 64.3 Å². The number of aromatic nitrogens is 2. The molecule has 39 heavy (non-hydrogen) atoms. The molecule has 1 aromatic heterocycles. The first kappa shape index (κ1) is 28.0. The maximum Gasteiger partial charge on any atom is 0.419 e. The molecule has 3 fully saturated rings. The molecule has 5 rings (SSSR count). The molecule has 2 amide bonds. The van der Waals surface area contributed by atoms with E-state index in [1.807, 2.05) is 22.8 Å². The lowest BCUT2D eigenvalue weighted by Gasteiger charge is -2.34. The Bertz CT molecular complexity index is 1230. The maximum atomic E-state index is 13.6. The van der Waals surface area contributed by atoms with Gasteiger partial charge in [-0.1, -0.05) is 36.2 Å². The molecule has 3 heterocycles. The molecule has 2 aliphatic heterocycles. The van der Waals surface area contributed by atoms with Crippen LogP contribution in [-0.2, 0) is 15.8 Å². The Hall–Kier alpha value is -2.59. The highest BCUT2D eigenvalue weighted by molar-refractivity contribution is 6.42. The summed E-state index contributed by atoms with van der Waals surface area (Å²) in [5.41, 5.74) is -0.202. The first-order valence-corrected chi connectivity index (χ1v) is 13.9. The molecule has 2 atom stereocenters. The molecule has 0 bridgehead atoms. The van der Waals surface area contributed by atoms with Gasteiger partial charge in [-0.15, -0.1) is 0 Å². The summed E-state index contributed by atoms with van der Waals surface area (Å²) >= 11 is 12.4. The summed E-state index contributed by atoms with van der Waals surface area (Å²) in [4.78, 5) is 37.6. The van der Waals surface area contributed by atoms with Crippen LogP contribution in [0.25, 0.3) is 0 Å². The molecule has 210 valence electrons. The number of hydrogen-bond donors (Lipinski definition) is 1. The van der Waals surface area contributed by atoms with Gasteiger partial charge in [0.2, 0.25) is 17.8 Å². The molecule has 1 saturated carbocycles. The number of amides is 2. The zero-order valence-electron chi connectivity index (χ0n) is 21.5. The summed E-state index contributed by atoms with van der Waals surface area (Å²) in [6, 6.07) is 5.41. The third-order valence-electron chi connectivity index (χ3n) is 8.27. The van der Waals surface area contributed by atoms with E-state index in [4.69, 9.17) is 23.2 Å². The average Bonchev–Trinajstić information content (AvgIpc) is 3.53. The molecular weight excluding hydrogens is 554 g/mol. The number of nitrogens with one attached hydrogen (secondary N) is 1. The van der Waals surface area contributed by atoms with E-state index in [0.717, 1.165) is 30.8 Å². The normalized spacial score (nSPS) is 23.1. The molecule has 2 saturated heterocycles. The van der Waals surface area contributed by atoms with Crippen LogP contribution in [0.1, 0.15) is 49.7 Å². The number of alkyl halides is 3. The summed E-state index contributed by atoms with van der Waals surface area (Å²) in [7, 11) is 0. The van der Waals surface area contributed by atoms with Crippen molar-refractivity contribution in [3.05, 3.63) is 51.8 Å². The van der Waals surface area contributed by atoms with Crippen molar-refractivity contribution in [2.75, 3.05) is 38.0 Å². The van der Waals surface area contributed by atoms with Gasteiger partial charge in [0.05, 0.1) is 15.6 Å². The number of carbonyl (C=O) groups is 2. The summed E-state index contributed by atoms with van der Waals surface area (Å²) in [6.45, 7) is 4.48. The number of anilines is 1. The Morgan fingerprint density at radius 3 is 2.31 bits per heavy atom. The van der Waals surface area contributed by atoms with E-state index in [-0.39, 0.29) is 40.9 Å². The lowest BCUT2D eigenvalue weighted by atomic mass is 9.89. The Balaban J connectivity index is 1.26. The maximum absolute atomic E-state index is 13.6. The number of piperidine rings is 1. The van der Waals surface area contributed by atoms with Gasteiger partial charge in [0.1, 0.15) is 0 Å². The van der Waals surface area contributed by atoms with Gasteiger partial charge < -0.3 is 15.1 Å². The van der Waals surface area contributed by atoms with E-state index >= 15 is 0 Å². The molecule has 2 aromatic rings. The van der Waals surface area contributed by atoms with Gasteiger partial charge >= 0.3 is 6.18 Å². The van der Waals surface area contributed by atoms with E-state index in [1.165, 1.54) is 0 Å². The van der Waals surface area contributed by atoms with Crippen molar-refractivity contribution in [3.8, 4) is 0 Å². The van der Waals surface area contributed by atoms with Crippen molar-refractivity contribution in [1.29, 1.82) is 0 Å². The number of carbonyl (C=O) groups excluding carboxylic acids is 2. The van der Waals surface area contributed by atoms with Crippen LogP contribution in [0, 0.1) is 17.3 Å². The molecular formula is C27H30Cl2F3N5O2. The number of nitrogens with zero attached hydrogens (tertiary/aromatic N) is 4. The van der Waals surface area contributed by atoms with Crippen LogP contribution in [0.2, 0.25) is 10.0 Å². The molecule has 0 spiro atoms. The minimum Gasteiger partial charge on any atom is -0.354 e. The number of likely N-dealkylation sites (tertiary alicyclic amines) is 2. The number of hydrogen-bond acceptors (Lipinski definition) is 5. The van der Waals surface area contributed by atoms with Gasteiger partial charge in [-0.25, -0.2) is 9.97 Å². The van der Waals surface area contributed by atoms with Crippen LogP contribution >= 0.6 is 23.2 Å². The summed E-state index contributed by atoms with van der Waals surface area (Å²) in [6.07, 6.45) is 0.119. The van der Waals surface area contributed by atoms with Gasteiger partial charge in [0, 0.05) is 68.3 Å². The highest BCUT2D eigenvalue weighted by Crippen LogP contribution is 2.47. The minimum absolute atomic E-state index is 0.0615. The Kier molecular flexibility index (Phi) is 7.72. The second kappa shape index (κ2) is 10.8. The van der Waals surface area contributed by atoms with Crippen molar-refractivity contribution in [1.82, 2.24) is 19.8 Å². The number of benzene rings is 1. The Morgan fingerprint density at radius 2 is 1.72 bits per heavy atom. The second-order valence-electron chi connectivity index (χ2n) is 11.1. The fourth-order valence-electron chi connectivity index (χ4n) is 5.54. The molecule has 1 unspecified atom stereocenters. The lowest BCUT2D eigenvalue weighted by molar-refractivity contribution is -0.142. The van der Waals surface area contributed by atoms with Crippen molar-refractivity contribution >= 4 is 41.0 Å². The molecule has 12 heteroatoms. The van der Waals surface area contributed by atoms with Gasteiger partial charge in [0.15, 0.2) is 0 Å². The number of halogens is 5. The van der Waals surface area contributed by atoms with Crippen molar-refractivity contribution in [2.45, 2.75) is 44.7 Å². The summed E-state index contributed by atoms with van der Waals surface area (Å²) in [5, 5.41) is 3.88. The van der Waals surface area contributed by atoms with Gasteiger partial charge in [-0.2, -0.15) is 13.2 Å². The third kappa shape index (κ3) is 6.11. The fourth-order valence-corrected chi connectivity index (χ4v) is 5.84. The predicted molar refractivity (Wildman–Crippen MR) is 141 cm³/mol. The van der Waals surface area contributed by atoms with Gasteiger partial charge in [-0.3, -0.25) is 9.59 Å². The smallest absolute Gasteiger partial charge is 0.354 e. The number of rotatable bonds is 6. The van der Waals surface area contributed by atoms with E-state index in [0.29, 0.717) is 55.6 Å². The van der Waals surface area contributed by atoms with Crippen LogP contribution in [0.3, 0.4) is 0 Å². The Labute approximate surface area is 235 Å². The quantitative estimate of drug-likeness (QED) is 0.486. The Morgan fingerprint density at radius 1 is 1.05 bits per heavy atom. The molecule has 1 aromatic carbocycles. The first-order valence-electron chi connectivity index (χ1n) is 13.1. The minimum atomic E-state index is -4.51. The summed E-state index contributed by atoms with van der Waals surface area (Å²) in [5.74, 6) is 0.0715. The van der Waals surface area contributed by atoms with Crippen molar-refractivity contribution in [2.24, 2.45) is 17.3 Å². The van der Waals surface area contributed by atoms with E-state index in [9.17, 15) is 22.8 Å². The molecule has 7 nitrogen and oxygen atoms in total. The lowest BCUT2D eigenvalue weighted by Crippen LogP contribution is -2.45. The van der Waals surface area contributed by atoms with Crippen molar-refractivity contribution < 1.29 is 22.8 Å². The fraction of sp³-hybridized carbons (Fsp3) is 0.556. The first-order chi connectivity index (χ1) is 18.4. The van der Waals surface area contributed by atoms with E-state index < -0.39 is 11.7 Å².